The highest BCUT2D eigenvalue weighted by atomic mass is 79.9. The van der Waals surface area contributed by atoms with Gasteiger partial charge < -0.3 is 4.74 Å². The van der Waals surface area contributed by atoms with E-state index in [2.05, 4.69) is 26.8 Å². The Morgan fingerprint density at radius 2 is 1.83 bits per heavy atom. The normalized spacial score (nSPS) is 11.5. The Bertz CT molecular complexity index is 719. The number of para-hydroxylation sites is 1. The number of halogens is 1. The summed E-state index contributed by atoms with van der Waals surface area (Å²) in [5.41, 5.74) is 6.29. The molecule has 0 aromatic heterocycles. The van der Waals surface area contributed by atoms with E-state index in [1.54, 1.807) is 24.3 Å². The van der Waals surface area contributed by atoms with Gasteiger partial charge >= 0.3 is 0 Å². The number of nitrogens with one attached hydrogen (secondary N) is 2. The Labute approximate surface area is 149 Å². The summed E-state index contributed by atoms with van der Waals surface area (Å²) in [6, 6.07) is 14.3. The van der Waals surface area contributed by atoms with Gasteiger partial charge in [0.25, 0.3) is 11.8 Å². The SMILES string of the molecule is CCC(Oc1ccccc1)C(=O)NNC(=O)c1ccc(C)c(Br)c1. The third-order valence-corrected chi connectivity index (χ3v) is 4.27. The number of hydrazine groups is 1. The fraction of sp³-hybridized carbons (Fsp3) is 0.222. The maximum absolute atomic E-state index is 12.2. The molecule has 0 aliphatic rings. The van der Waals surface area contributed by atoms with Crippen LogP contribution in [0.1, 0.15) is 29.3 Å². The minimum absolute atomic E-state index is 0.390. The van der Waals surface area contributed by atoms with Gasteiger partial charge in [-0.15, -0.1) is 0 Å². The standard InChI is InChI=1S/C18H19BrN2O3/c1-3-16(24-14-7-5-4-6-8-14)18(23)21-20-17(22)13-10-9-12(2)15(19)11-13/h4-11,16H,3H2,1-2H3,(H,20,22)(H,21,23). The fourth-order valence-electron chi connectivity index (χ4n) is 1.99. The summed E-state index contributed by atoms with van der Waals surface area (Å²) in [5.74, 6) is -0.187. The highest BCUT2D eigenvalue weighted by Gasteiger charge is 2.19. The fourth-order valence-corrected chi connectivity index (χ4v) is 2.37. The lowest BCUT2D eigenvalue weighted by atomic mass is 10.1. The van der Waals surface area contributed by atoms with Crippen LogP contribution in [0, 0.1) is 6.92 Å². The van der Waals surface area contributed by atoms with E-state index in [4.69, 9.17) is 4.74 Å². The maximum Gasteiger partial charge on any atom is 0.279 e. The molecule has 0 saturated carbocycles. The molecule has 0 saturated heterocycles. The van der Waals surface area contributed by atoms with E-state index in [9.17, 15) is 9.59 Å². The first-order chi connectivity index (χ1) is 11.5. The third kappa shape index (κ3) is 4.83. The molecule has 2 rings (SSSR count). The van der Waals surface area contributed by atoms with Crippen LogP contribution in [0.2, 0.25) is 0 Å². The molecule has 0 fully saturated rings. The van der Waals surface area contributed by atoms with Crippen LogP contribution in [-0.2, 0) is 4.79 Å². The zero-order chi connectivity index (χ0) is 17.5. The zero-order valence-corrected chi connectivity index (χ0v) is 15.1. The monoisotopic (exact) mass is 390 g/mol. The molecule has 0 aliphatic heterocycles. The highest BCUT2D eigenvalue weighted by Crippen LogP contribution is 2.17. The van der Waals surface area contributed by atoms with Crippen molar-refractivity contribution >= 4 is 27.7 Å². The van der Waals surface area contributed by atoms with Crippen LogP contribution in [-0.4, -0.2) is 17.9 Å². The van der Waals surface area contributed by atoms with E-state index in [1.807, 2.05) is 38.1 Å². The third-order valence-electron chi connectivity index (χ3n) is 3.42. The molecule has 2 amide bonds. The number of hydrogen-bond acceptors (Lipinski definition) is 3. The molecule has 2 aromatic carbocycles. The van der Waals surface area contributed by atoms with Crippen LogP contribution in [0.5, 0.6) is 5.75 Å². The van der Waals surface area contributed by atoms with Crippen LogP contribution < -0.4 is 15.6 Å². The highest BCUT2D eigenvalue weighted by molar-refractivity contribution is 9.10. The molecular formula is C18H19BrN2O3. The van der Waals surface area contributed by atoms with Gasteiger partial charge in [0.1, 0.15) is 5.75 Å². The maximum atomic E-state index is 12.2. The van der Waals surface area contributed by atoms with Gasteiger partial charge in [-0.2, -0.15) is 0 Å². The second kappa shape index (κ2) is 8.49. The first-order valence-corrected chi connectivity index (χ1v) is 8.38. The van der Waals surface area contributed by atoms with Crippen molar-refractivity contribution in [3.63, 3.8) is 0 Å². The summed E-state index contributed by atoms with van der Waals surface area (Å²) < 4.78 is 6.46. The average Bonchev–Trinajstić information content (AvgIpc) is 2.60. The molecule has 0 spiro atoms. The minimum atomic E-state index is -0.683. The van der Waals surface area contributed by atoms with Crippen LogP contribution >= 0.6 is 15.9 Å². The lowest BCUT2D eigenvalue weighted by Crippen LogP contribution is -2.47. The van der Waals surface area contributed by atoms with E-state index in [-0.39, 0.29) is 0 Å². The minimum Gasteiger partial charge on any atom is -0.481 e. The lowest BCUT2D eigenvalue weighted by molar-refractivity contribution is -0.128. The second-order valence-electron chi connectivity index (χ2n) is 5.24. The van der Waals surface area contributed by atoms with E-state index in [0.29, 0.717) is 17.7 Å². The van der Waals surface area contributed by atoms with E-state index in [1.165, 1.54) is 0 Å². The summed E-state index contributed by atoms with van der Waals surface area (Å²) in [4.78, 5) is 24.3. The Hall–Kier alpha value is -2.34. The molecule has 0 radical (unpaired) electrons. The molecule has 5 nitrogen and oxygen atoms in total. The summed E-state index contributed by atoms with van der Waals surface area (Å²) in [6.07, 6.45) is -0.204. The van der Waals surface area contributed by atoms with Crippen molar-refractivity contribution in [3.05, 3.63) is 64.1 Å². The quantitative estimate of drug-likeness (QED) is 0.768. The Kier molecular flexibility index (Phi) is 6.37. The Morgan fingerprint density at radius 3 is 2.46 bits per heavy atom. The zero-order valence-electron chi connectivity index (χ0n) is 13.5. The second-order valence-corrected chi connectivity index (χ2v) is 6.09. The summed E-state index contributed by atoms with van der Waals surface area (Å²) in [6.45, 7) is 3.77. The number of hydrogen-bond donors (Lipinski definition) is 2. The van der Waals surface area contributed by atoms with Crippen molar-refractivity contribution in [2.75, 3.05) is 0 Å². The van der Waals surface area contributed by atoms with Crippen LogP contribution in [0.4, 0.5) is 0 Å². The molecule has 2 N–H and O–H groups in total. The summed E-state index contributed by atoms with van der Waals surface area (Å²) in [7, 11) is 0. The van der Waals surface area contributed by atoms with Crippen molar-refractivity contribution < 1.29 is 14.3 Å². The average molecular weight is 391 g/mol. The van der Waals surface area contributed by atoms with Gasteiger partial charge in [0.2, 0.25) is 0 Å². The lowest BCUT2D eigenvalue weighted by Gasteiger charge is -2.17. The number of benzene rings is 2. The van der Waals surface area contributed by atoms with E-state index < -0.39 is 17.9 Å². The number of carbonyl (C=O) groups excluding carboxylic acids is 2. The summed E-state index contributed by atoms with van der Waals surface area (Å²) >= 11 is 3.38. The predicted molar refractivity (Wildman–Crippen MR) is 95.6 cm³/mol. The van der Waals surface area contributed by atoms with Gasteiger partial charge in [0.15, 0.2) is 6.10 Å². The van der Waals surface area contributed by atoms with Crippen molar-refractivity contribution in [1.29, 1.82) is 0 Å². The Morgan fingerprint density at radius 1 is 1.12 bits per heavy atom. The molecule has 1 unspecified atom stereocenters. The van der Waals surface area contributed by atoms with Gasteiger partial charge in [-0.3, -0.25) is 20.4 Å². The van der Waals surface area contributed by atoms with E-state index in [0.717, 1.165) is 10.0 Å². The van der Waals surface area contributed by atoms with Crippen molar-refractivity contribution in [1.82, 2.24) is 10.9 Å². The molecule has 0 bridgehead atoms. The molecule has 0 heterocycles. The summed E-state index contributed by atoms with van der Waals surface area (Å²) in [5, 5.41) is 0. The van der Waals surface area contributed by atoms with Crippen molar-refractivity contribution in [2.45, 2.75) is 26.4 Å². The van der Waals surface area contributed by atoms with Gasteiger partial charge in [0, 0.05) is 10.0 Å². The predicted octanol–water partition coefficient (Wildman–Crippen LogP) is 3.38. The van der Waals surface area contributed by atoms with Gasteiger partial charge in [-0.1, -0.05) is 47.1 Å². The molecule has 126 valence electrons. The number of amides is 2. The molecule has 6 heteroatoms. The van der Waals surface area contributed by atoms with Gasteiger partial charge in [0.05, 0.1) is 0 Å². The van der Waals surface area contributed by atoms with E-state index >= 15 is 0 Å². The van der Waals surface area contributed by atoms with Crippen molar-refractivity contribution in [3.8, 4) is 5.75 Å². The first kappa shape index (κ1) is 18.0. The topological polar surface area (TPSA) is 67.4 Å². The number of aryl methyl sites for hydroxylation is 1. The number of ether oxygens (including phenoxy) is 1. The smallest absolute Gasteiger partial charge is 0.279 e. The number of carbonyl (C=O) groups is 2. The molecule has 1 atom stereocenters. The van der Waals surface area contributed by atoms with Gasteiger partial charge in [-0.05, 0) is 43.2 Å². The molecule has 24 heavy (non-hydrogen) atoms. The molecule has 0 aliphatic carbocycles. The number of rotatable bonds is 5. The van der Waals surface area contributed by atoms with Crippen molar-refractivity contribution in [2.24, 2.45) is 0 Å². The molecular weight excluding hydrogens is 372 g/mol. The van der Waals surface area contributed by atoms with Crippen LogP contribution in [0.3, 0.4) is 0 Å². The van der Waals surface area contributed by atoms with Gasteiger partial charge in [-0.25, -0.2) is 0 Å². The Balaban J connectivity index is 1.93. The largest absolute Gasteiger partial charge is 0.481 e. The first-order valence-electron chi connectivity index (χ1n) is 7.59. The van der Waals surface area contributed by atoms with Crippen LogP contribution in [0.15, 0.2) is 53.0 Å². The van der Waals surface area contributed by atoms with Crippen LogP contribution in [0.25, 0.3) is 0 Å². The molecule has 2 aromatic rings.